The summed E-state index contributed by atoms with van der Waals surface area (Å²) in [6, 6.07) is 5.39. The fourth-order valence-corrected chi connectivity index (χ4v) is 1.73. The molecule has 0 saturated carbocycles. The predicted octanol–water partition coefficient (Wildman–Crippen LogP) is 2.68. The van der Waals surface area contributed by atoms with E-state index in [1.54, 1.807) is 45.0 Å². The van der Waals surface area contributed by atoms with Crippen LogP contribution < -0.4 is 5.32 Å². The number of halogens is 1. The number of nitrogens with one attached hydrogen (secondary N) is 1. The first-order chi connectivity index (χ1) is 9.71. The van der Waals surface area contributed by atoms with Crippen LogP contribution in [-0.4, -0.2) is 28.8 Å². The molecule has 0 aliphatic rings. The van der Waals surface area contributed by atoms with Gasteiger partial charge < -0.3 is 15.2 Å². The second-order valence-corrected chi connectivity index (χ2v) is 5.69. The highest BCUT2D eigenvalue weighted by Crippen LogP contribution is 2.11. The molecule has 1 amide bonds. The number of carbonyl (C=O) groups is 2. The second-order valence-electron chi connectivity index (χ2n) is 5.69. The van der Waals surface area contributed by atoms with Crippen molar-refractivity contribution in [3.63, 3.8) is 0 Å². The van der Waals surface area contributed by atoms with E-state index in [-0.39, 0.29) is 6.42 Å². The fourth-order valence-electron chi connectivity index (χ4n) is 1.73. The molecule has 1 rings (SSSR count). The molecule has 0 saturated heterocycles. The number of carboxylic acid groups (broad SMARTS) is 1. The Morgan fingerprint density at radius 1 is 1.33 bits per heavy atom. The third-order valence-electron chi connectivity index (χ3n) is 2.57. The summed E-state index contributed by atoms with van der Waals surface area (Å²) in [5.74, 6) is -1.17. The van der Waals surface area contributed by atoms with Gasteiger partial charge in [0, 0.05) is 6.42 Å². The van der Waals surface area contributed by atoms with Crippen LogP contribution >= 0.6 is 0 Å². The normalized spacial score (nSPS) is 12.6. The van der Waals surface area contributed by atoms with Gasteiger partial charge in [0.25, 0.3) is 0 Å². The quantitative estimate of drug-likeness (QED) is 0.876. The highest BCUT2D eigenvalue weighted by molar-refractivity contribution is 5.80. The van der Waals surface area contributed by atoms with Crippen molar-refractivity contribution in [2.24, 2.45) is 0 Å². The maximum atomic E-state index is 12.6. The van der Waals surface area contributed by atoms with Gasteiger partial charge in [0.15, 0.2) is 0 Å². The highest BCUT2D eigenvalue weighted by atomic mass is 19.1. The first-order valence-corrected chi connectivity index (χ1v) is 6.57. The molecule has 0 fully saturated rings. The van der Waals surface area contributed by atoms with Gasteiger partial charge in [0.1, 0.15) is 18.3 Å². The molecule has 5 nitrogen and oxygen atoms in total. The van der Waals surface area contributed by atoms with Crippen LogP contribution in [0.1, 0.15) is 31.9 Å². The zero-order valence-electron chi connectivity index (χ0n) is 12.4. The lowest BCUT2D eigenvalue weighted by atomic mass is 10.0. The molecule has 1 atom stereocenters. The molecule has 0 spiro atoms. The minimum absolute atomic E-state index is 0.0580. The number of benzene rings is 1. The van der Waals surface area contributed by atoms with Gasteiger partial charge in [-0.15, -0.1) is 0 Å². The molecule has 0 heterocycles. The summed E-state index contributed by atoms with van der Waals surface area (Å²) in [6.45, 7) is 4.44. The van der Waals surface area contributed by atoms with E-state index in [4.69, 9.17) is 9.84 Å². The lowest BCUT2D eigenvalue weighted by Gasteiger charge is -2.22. The van der Waals surface area contributed by atoms with E-state index in [0.29, 0.717) is 11.1 Å². The third kappa shape index (κ3) is 6.25. The van der Waals surface area contributed by atoms with Crippen LogP contribution in [0.3, 0.4) is 0 Å². The monoisotopic (exact) mass is 297 g/mol. The summed E-state index contributed by atoms with van der Waals surface area (Å²) in [5, 5.41) is 11.5. The molecule has 0 radical (unpaired) electrons. The Bertz CT molecular complexity index is 511. The minimum Gasteiger partial charge on any atom is -0.480 e. The third-order valence-corrected chi connectivity index (χ3v) is 2.57. The van der Waals surface area contributed by atoms with Crippen LogP contribution in [-0.2, 0) is 22.6 Å². The number of carbonyl (C=O) groups excluding carboxylic acids is 1. The first kappa shape index (κ1) is 16.9. The number of hydrogen-bond donors (Lipinski definition) is 2. The number of alkyl carbamates (subject to hydrolysis) is 1. The largest absolute Gasteiger partial charge is 0.480 e. The van der Waals surface area contributed by atoms with Crippen LogP contribution in [0.2, 0.25) is 0 Å². The molecule has 1 aromatic rings. The van der Waals surface area contributed by atoms with E-state index >= 15 is 0 Å². The van der Waals surface area contributed by atoms with Gasteiger partial charge in [-0.05, 0) is 31.9 Å². The standard InChI is InChI=1S/C15H20FNO4/c1-15(2,3)21-14(20)17-12(13(18)19)8-10-5-4-6-11(7-10)9-16/h4-7,12H,8-9H2,1-3H3,(H,17,20)(H,18,19)/t12-/m0/s1. The second kappa shape index (κ2) is 7.06. The summed E-state index contributed by atoms with van der Waals surface area (Å²) >= 11 is 0. The minimum atomic E-state index is -1.17. The molecule has 0 bridgehead atoms. The Labute approximate surface area is 123 Å². The van der Waals surface area contributed by atoms with Crippen molar-refractivity contribution in [1.82, 2.24) is 5.32 Å². The van der Waals surface area contributed by atoms with E-state index in [9.17, 15) is 14.0 Å². The van der Waals surface area contributed by atoms with Gasteiger partial charge in [-0.1, -0.05) is 24.3 Å². The van der Waals surface area contributed by atoms with Gasteiger partial charge >= 0.3 is 12.1 Å². The van der Waals surface area contributed by atoms with Crippen molar-refractivity contribution >= 4 is 12.1 Å². The van der Waals surface area contributed by atoms with Crippen LogP contribution in [0.15, 0.2) is 24.3 Å². The number of alkyl halides is 1. The summed E-state index contributed by atoms with van der Waals surface area (Å²) < 4.78 is 17.6. The van der Waals surface area contributed by atoms with Crippen molar-refractivity contribution in [3.8, 4) is 0 Å². The van der Waals surface area contributed by atoms with E-state index in [0.717, 1.165) is 0 Å². The molecule has 0 unspecified atom stereocenters. The van der Waals surface area contributed by atoms with Crippen molar-refractivity contribution in [2.45, 2.75) is 45.5 Å². The zero-order valence-corrected chi connectivity index (χ0v) is 12.4. The predicted molar refractivity (Wildman–Crippen MR) is 75.8 cm³/mol. The number of hydrogen-bond acceptors (Lipinski definition) is 3. The van der Waals surface area contributed by atoms with E-state index in [1.165, 1.54) is 0 Å². The molecule has 0 aromatic heterocycles. The Hall–Kier alpha value is -2.11. The van der Waals surface area contributed by atoms with E-state index in [2.05, 4.69) is 5.32 Å². The Balaban J connectivity index is 2.74. The summed E-state index contributed by atoms with van der Waals surface area (Å²) in [6.07, 6.45) is -0.737. The van der Waals surface area contributed by atoms with Gasteiger partial charge in [-0.25, -0.2) is 14.0 Å². The Kier molecular flexibility index (Phi) is 5.69. The molecular formula is C15H20FNO4. The molecular weight excluding hydrogens is 277 g/mol. The molecule has 2 N–H and O–H groups in total. The average molecular weight is 297 g/mol. The number of rotatable bonds is 5. The molecule has 1 aromatic carbocycles. The van der Waals surface area contributed by atoms with Crippen LogP contribution in [0.25, 0.3) is 0 Å². The molecule has 0 aliphatic carbocycles. The Morgan fingerprint density at radius 3 is 2.48 bits per heavy atom. The lowest BCUT2D eigenvalue weighted by molar-refractivity contribution is -0.139. The van der Waals surface area contributed by atoms with Crippen LogP contribution in [0.5, 0.6) is 0 Å². The number of amides is 1. The van der Waals surface area contributed by atoms with Gasteiger partial charge in [0.05, 0.1) is 0 Å². The van der Waals surface area contributed by atoms with Crippen LogP contribution in [0, 0.1) is 0 Å². The fraction of sp³-hybridized carbons (Fsp3) is 0.467. The first-order valence-electron chi connectivity index (χ1n) is 6.57. The average Bonchev–Trinajstić information content (AvgIpc) is 2.36. The summed E-state index contributed by atoms with van der Waals surface area (Å²) in [4.78, 5) is 22.8. The SMILES string of the molecule is CC(C)(C)OC(=O)N[C@@H](Cc1cccc(CF)c1)C(=O)O. The van der Waals surface area contributed by atoms with Crippen molar-refractivity contribution < 1.29 is 23.8 Å². The summed E-state index contributed by atoms with van der Waals surface area (Å²) in [7, 11) is 0. The number of aliphatic carboxylic acids is 1. The topological polar surface area (TPSA) is 75.6 Å². The van der Waals surface area contributed by atoms with Gasteiger partial charge in [0.2, 0.25) is 0 Å². The zero-order chi connectivity index (χ0) is 16.0. The van der Waals surface area contributed by atoms with Crippen LogP contribution in [0.4, 0.5) is 9.18 Å². The summed E-state index contributed by atoms with van der Waals surface area (Å²) in [5.41, 5.74) is 0.392. The molecule has 116 valence electrons. The van der Waals surface area contributed by atoms with E-state index in [1.807, 2.05) is 0 Å². The van der Waals surface area contributed by atoms with Crippen molar-refractivity contribution in [2.75, 3.05) is 0 Å². The van der Waals surface area contributed by atoms with Gasteiger partial charge in [-0.3, -0.25) is 0 Å². The van der Waals surface area contributed by atoms with Gasteiger partial charge in [-0.2, -0.15) is 0 Å². The smallest absolute Gasteiger partial charge is 0.408 e. The number of carboxylic acids is 1. The lowest BCUT2D eigenvalue weighted by Crippen LogP contribution is -2.44. The highest BCUT2D eigenvalue weighted by Gasteiger charge is 2.24. The van der Waals surface area contributed by atoms with E-state index < -0.39 is 30.4 Å². The maximum Gasteiger partial charge on any atom is 0.408 e. The number of ether oxygens (including phenoxy) is 1. The Morgan fingerprint density at radius 2 is 1.95 bits per heavy atom. The maximum absolute atomic E-state index is 12.6. The molecule has 21 heavy (non-hydrogen) atoms. The van der Waals surface area contributed by atoms with Crippen molar-refractivity contribution in [3.05, 3.63) is 35.4 Å². The molecule has 0 aliphatic heterocycles. The molecule has 6 heteroatoms. The van der Waals surface area contributed by atoms with Crippen molar-refractivity contribution in [1.29, 1.82) is 0 Å².